The Morgan fingerprint density at radius 3 is 1.88 bits per heavy atom. The van der Waals surface area contributed by atoms with E-state index in [-0.39, 0.29) is 44.7 Å². The number of aliphatic hydroxyl groups is 1. The predicted octanol–water partition coefficient (Wildman–Crippen LogP) is -2.01. The standard InChI is InChI=1S/C32H47N7O9/c1-18(2)14-22(31(46)39-13-7-11-25(39)29(44)37-23(17-40)32(47)48)36-27(42)21(15-19-8-4-3-5-9-19)35-28(43)24-10-6-12-38(24)30(45)20(33)16-26(34)41/h3-5,8-9,18,20-25,40H,6-7,10-17,33H2,1-2H3,(H2,34,41)(H,35,43)(H,36,42)(H,37,44)(H,47,48)/t20-,21-,22-,23-,24-,25-/m0/s1. The van der Waals surface area contributed by atoms with Crippen LogP contribution in [0.4, 0.5) is 0 Å². The second kappa shape index (κ2) is 17.5. The van der Waals surface area contributed by atoms with Crippen molar-refractivity contribution in [2.24, 2.45) is 17.4 Å². The summed E-state index contributed by atoms with van der Waals surface area (Å²) in [5.74, 6) is -5.35. The number of aliphatic carboxylic acids is 1. The Labute approximate surface area is 278 Å². The van der Waals surface area contributed by atoms with Crippen LogP contribution in [-0.2, 0) is 40.0 Å². The molecule has 0 radical (unpaired) electrons. The number of nitrogens with one attached hydrogen (secondary N) is 3. The summed E-state index contributed by atoms with van der Waals surface area (Å²) in [6, 6.07) is 2.00. The third-order valence-corrected chi connectivity index (χ3v) is 8.45. The monoisotopic (exact) mass is 673 g/mol. The van der Waals surface area contributed by atoms with Crippen LogP contribution in [0.3, 0.4) is 0 Å². The molecule has 2 heterocycles. The van der Waals surface area contributed by atoms with E-state index < -0.39 is 84.3 Å². The molecule has 2 fully saturated rings. The van der Waals surface area contributed by atoms with Crippen molar-refractivity contribution in [3.05, 3.63) is 35.9 Å². The van der Waals surface area contributed by atoms with Gasteiger partial charge in [0.15, 0.2) is 0 Å². The van der Waals surface area contributed by atoms with Crippen molar-refractivity contribution in [2.45, 2.75) is 95.0 Å². The maximum Gasteiger partial charge on any atom is 0.328 e. The van der Waals surface area contributed by atoms with Crippen molar-refractivity contribution in [1.82, 2.24) is 25.8 Å². The van der Waals surface area contributed by atoms with Gasteiger partial charge in [0, 0.05) is 19.5 Å². The average molecular weight is 674 g/mol. The molecule has 0 bridgehead atoms. The molecule has 2 saturated heterocycles. The van der Waals surface area contributed by atoms with Gasteiger partial charge in [-0.1, -0.05) is 44.2 Å². The summed E-state index contributed by atoms with van der Waals surface area (Å²) in [4.78, 5) is 92.6. The van der Waals surface area contributed by atoms with E-state index >= 15 is 0 Å². The molecule has 9 N–H and O–H groups in total. The van der Waals surface area contributed by atoms with E-state index in [0.29, 0.717) is 19.3 Å². The van der Waals surface area contributed by atoms with Gasteiger partial charge >= 0.3 is 5.97 Å². The van der Waals surface area contributed by atoms with Crippen molar-refractivity contribution >= 4 is 41.4 Å². The molecule has 1 aromatic rings. The molecule has 16 nitrogen and oxygen atoms in total. The fourth-order valence-corrected chi connectivity index (χ4v) is 6.07. The summed E-state index contributed by atoms with van der Waals surface area (Å²) in [5.41, 5.74) is 11.8. The van der Waals surface area contributed by atoms with Gasteiger partial charge in [0.25, 0.3) is 0 Å². The summed E-state index contributed by atoms with van der Waals surface area (Å²) in [6.45, 7) is 3.33. The van der Waals surface area contributed by atoms with Crippen molar-refractivity contribution in [3.63, 3.8) is 0 Å². The Bertz CT molecular complexity index is 1340. The Morgan fingerprint density at radius 1 is 0.833 bits per heavy atom. The molecule has 48 heavy (non-hydrogen) atoms. The highest BCUT2D eigenvalue weighted by Crippen LogP contribution is 2.22. The maximum atomic E-state index is 13.9. The van der Waals surface area contributed by atoms with Crippen LogP contribution in [0.2, 0.25) is 0 Å². The van der Waals surface area contributed by atoms with Crippen molar-refractivity contribution in [2.75, 3.05) is 19.7 Å². The first-order valence-corrected chi connectivity index (χ1v) is 16.2. The van der Waals surface area contributed by atoms with E-state index in [1.807, 2.05) is 13.8 Å². The smallest absolute Gasteiger partial charge is 0.328 e. The van der Waals surface area contributed by atoms with Crippen LogP contribution in [0.5, 0.6) is 0 Å². The summed E-state index contributed by atoms with van der Waals surface area (Å²) in [7, 11) is 0. The molecular formula is C32H47N7O9. The SMILES string of the molecule is CC(C)C[C@H](NC(=O)[C@H](Cc1ccccc1)NC(=O)[C@@H]1CCCN1C(=O)[C@@H](N)CC(N)=O)C(=O)N1CCC[C@H]1C(=O)N[C@@H](CO)C(=O)O. The number of hydrogen-bond donors (Lipinski definition) is 7. The Kier molecular flexibility index (Phi) is 13.8. The molecule has 6 amide bonds. The number of carbonyl (C=O) groups excluding carboxylic acids is 6. The molecule has 0 saturated carbocycles. The molecule has 3 rings (SSSR count). The van der Waals surface area contributed by atoms with Crippen LogP contribution in [0.25, 0.3) is 0 Å². The number of likely N-dealkylation sites (tertiary alicyclic amines) is 2. The topological polar surface area (TPSA) is 255 Å². The lowest BCUT2D eigenvalue weighted by Gasteiger charge is -2.31. The summed E-state index contributed by atoms with van der Waals surface area (Å²) >= 11 is 0. The van der Waals surface area contributed by atoms with E-state index in [1.165, 1.54) is 9.80 Å². The lowest BCUT2D eigenvalue weighted by atomic mass is 10.00. The number of aliphatic hydroxyl groups excluding tert-OH is 1. The zero-order chi connectivity index (χ0) is 35.5. The molecule has 6 atom stereocenters. The third-order valence-electron chi connectivity index (χ3n) is 8.45. The van der Waals surface area contributed by atoms with Crippen LogP contribution < -0.4 is 27.4 Å². The second-order valence-corrected chi connectivity index (χ2v) is 12.7. The number of nitrogens with zero attached hydrogens (tertiary/aromatic N) is 2. The van der Waals surface area contributed by atoms with Crippen LogP contribution in [0.15, 0.2) is 30.3 Å². The number of carboxylic acid groups (broad SMARTS) is 1. The first-order chi connectivity index (χ1) is 22.7. The second-order valence-electron chi connectivity index (χ2n) is 12.7. The Morgan fingerprint density at radius 2 is 1.38 bits per heavy atom. The predicted molar refractivity (Wildman–Crippen MR) is 171 cm³/mol. The molecule has 16 heteroatoms. The van der Waals surface area contributed by atoms with Gasteiger partial charge < -0.3 is 47.4 Å². The third kappa shape index (κ3) is 10.2. The number of benzene rings is 1. The van der Waals surface area contributed by atoms with Gasteiger partial charge in [-0.05, 0) is 43.6 Å². The Hall–Kier alpha value is -4.57. The van der Waals surface area contributed by atoms with Gasteiger partial charge in [0.05, 0.1) is 19.1 Å². The minimum Gasteiger partial charge on any atom is -0.480 e. The number of hydrogen-bond acceptors (Lipinski definition) is 9. The fraction of sp³-hybridized carbons (Fsp3) is 0.594. The fourth-order valence-electron chi connectivity index (χ4n) is 6.07. The number of carbonyl (C=O) groups is 7. The van der Waals surface area contributed by atoms with Crippen LogP contribution in [-0.4, -0.2) is 117 Å². The zero-order valence-electron chi connectivity index (χ0n) is 27.3. The van der Waals surface area contributed by atoms with E-state index in [0.717, 1.165) is 5.56 Å². The summed E-state index contributed by atoms with van der Waals surface area (Å²) in [6.07, 6.45) is 1.44. The minimum atomic E-state index is -1.53. The highest BCUT2D eigenvalue weighted by molar-refractivity contribution is 5.97. The molecule has 2 aliphatic heterocycles. The molecule has 0 aliphatic carbocycles. The highest BCUT2D eigenvalue weighted by Gasteiger charge is 2.41. The number of nitrogens with two attached hydrogens (primary N) is 2. The lowest BCUT2D eigenvalue weighted by Crippen LogP contribution is -2.59. The zero-order valence-corrected chi connectivity index (χ0v) is 27.3. The van der Waals surface area contributed by atoms with E-state index in [1.54, 1.807) is 30.3 Å². The summed E-state index contributed by atoms with van der Waals surface area (Å²) in [5, 5.41) is 26.4. The van der Waals surface area contributed by atoms with E-state index in [2.05, 4.69) is 16.0 Å². The highest BCUT2D eigenvalue weighted by atomic mass is 16.4. The van der Waals surface area contributed by atoms with Gasteiger partial charge in [-0.3, -0.25) is 28.8 Å². The molecule has 2 aliphatic rings. The molecular weight excluding hydrogens is 626 g/mol. The van der Waals surface area contributed by atoms with Gasteiger partial charge in [-0.15, -0.1) is 0 Å². The molecule has 0 aromatic heterocycles. The van der Waals surface area contributed by atoms with Gasteiger partial charge in [0.2, 0.25) is 35.4 Å². The quantitative estimate of drug-likeness (QED) is 0.101. The number of carboxylic acids is 1. The average Bonchev–Trinajstić information content (AvgIpc) is 3.73. The molecule has 0 unspecified atom stereocenters. The van der Waals surface area contributed by atoms with Gasteiger partial charge in [-0.25, -0.2) is 4.79 Å². The van der Waals surface area contributed by atoms with Gasteiger partial charge in [-0.2, -0.15) is 0 Å². The van der Waals surface area contributed by atoms with Crippen LogP contribution in [0, 0.1) is 5.92 Å². The first-order valence-electron chi connectivity index (χ1n) is 16.2. The maximum absolute atomic E-state index is 13.9. The van der Waals surface area contributed by atoms with Crippen molar-refractivity contribution in [3.8, 4) is 0 Å². The Balaban J connectivity index is 1.81. The molecule has 264 valence electrons. The van der Waals surface area contributed by atoms with Crippen LogP contribution >= 0.6 is 0 Å². The van der Waals surface area contributed by atoms with E-state index in [4.69, 9.17) is 11.5 Å². The minimum absolute atomic E-state index is 0.0648. The normalized spacial score (nSPS) is 20.0. The first kappa shape index (κ1) is 37.9. The molecule has 1 aromatic carbocycles. The van der Waals surface area contributed by atoms with Gasteiger partial charge in [0.1, 0.15) is 30.2 Å². The largest absolute Gasteiger partial charge is 0.480 e. The lowest BCUT2D eigenvalue weighted by molar-refractivity contribution is -0.146. The number of rotatable bonds is 16. The summed E-state index contributed by atoms with van der Waals surface area (Å²) < 4.78 is 0. The number of amides is 6. The van der Waals surface area contributed by atoms with Crippen LogP contribution in [0.1, 0.15) is 57.9 Å². The van der Waals surface area contributed by atoms with Crippen molar-refractivity contribution in [1.29, 1.82) is 0 Å². The van der Waals surface area contributed by atoms with E-state index in [9.17, 15) is 43.8 Å². The van der Waals surface area contributed by atoms with Crippen molar-refractivity contribution < 1.29 is 43.8 Å². The number of primary amides is 1. The molecule has 0 spiro atoms.